The summed E-state index contributed by atoms with van der Waals surface area (Å²) in [6.45, 7) is 4.91. The number of para-hydroxylation sites is 1. The van der Waals surface area contributed by atoms with Crippen molar-refractivity contribution in [1.82, 2.24) is 5.32 Å². The van der Waals surface area contributed by atoms with Crippen LogP contribution >= 0.6 is 0 Å². The number of nitrogens with one attached hydrogen (secondary N) is 2. The fourth-order valence-corrected chi connectivity index (χ4v) is 1.48. The highest BCUT2D eigenvalue weighted by Crippen LogP contribution is 2.14. The molecule has 1 unspecified atom stereocenters. The molecule has 17 heavy (non-hydrogen) atoms. The van der Waals surface area contributed by atoms with E-state index in [2.05, 4.69) is 10.6 Å². The second kappa shape index (κ2) is 6.91. The van der Waals surface area contributed by atoms with Crippen LogP contribution in [0.5, 0.6) is 0 Å². The molecule has 1 aromatic rings. The van der Waals surface area contributed by atoms with E-state index in [4.69, 9.17) is 0 Å². The van der Waals surface area contributed by atoms with Crippen molar-refractivity contribution in [2.75, 3.05) is 18.4 Å². The average Bonchev–Trinajstić information content (AvgIpc) is 2.36. The molecule has 0 fully saturated rings. The number of hydrogen-bond acceptors (Lipinski definition) is 3. The van der Waals surface area contributed by atoms with Gasteiger partial charge < -0.3 is 15.7 Å². The van der Waals surface area contributed by atoms with Crippen LogP contribution in [0.1, 0.15) is 30.6 Å². The SMILES string of the molecule is CCNc1ccccc1C(=O)NCC(O)CC. The van der Waals surface area contributed by atoms with Gasteiger partial charge in [0, 0.05) is 18.8 Å². The predicted octanol–water partition coefficient (Wildman–Crippen LogP) is 1.62. The van der Waals surface area contributed by atoms with E-state index in [9.17, 15) is 9.90 Å². The molecule has 1 amide bonds. The van der Waals surface area contributed by atoms with Gasteiger partial charge in [0.1, 0.15) is 0 Å². The maximum atomic E-state index is 11.9. The molecule has 3 N–H and O–H groups in total. The average molecular weight is 236 g/mol. The van der Waals surface area contributed by atoms with Gasteiger partial charge in [0.15, 0.2) is 0 Å². The van der Waals surface area contributed by atoms with E-state index in [0.29, 0.717) is 12.0 Å². The molecule has 94 valence electrons. The Morgan fingerprint density at radius 2 is 2.06 bits per heavy atom. The molecule has 1 atom stereocenters. The van der Waals surface area contributed by atoms with Gasteiger partial charge in [-0.2, -0.15) is 0 Å². The van der Waals surface area contributed by atoms with Crippen molar-refractivity contribution in [3.8, 4) is 0 Å². The zero-order chi connectivity index (χ0) is 12.7. The number of carbonyl (C=O) groups excluding carboxylic acids is 1. The third-order valence-electron chi connectivity index (χ3n) is 2.51. The Morgan fingerprint density at radius 1 is 1.35 bits per heavy atom. The van der Waals surface area contributed by atoms with E-state index < -0.39 is 6.10 Å². The van der Waals surface area contributed by atoms with Crippen molar-refractivity contribution in [1.29, 1.82) is 0 Å². The van der Waals surface area contributed by atoms with Crippen LogP contribution in [-0.2, 0) is 0 Å². The highest BCUT2D eigenvalue weighted by molar-refractivity contribution is 5.99. The quantitative estimate of drug-likeness (QED) is 0.703. The molecule has 1 aromatic carbocycles. The normalized spacial score (nSPS) is 11.9. The molecule has 0 aliphatic carbocycles. The summed E-state index contributed by atoms with van der Waals surface area (Å²) in [5.74, 6) is -0.158. The van der Waals surface area contributed by atoms with Crippen LogP contribution in [0.3, 0.4) is 0 Å². The number of benzene rings is 1. The van der Waals surface area contributed by atoms with Crippen molar-refractivity contribution < 1.29 is 9.90 Å². The minimum Gasteiger partial charge on any atom is -0.391 e. The van der Waals surface area contributed by atoms with Crippen molar-refractivity contribution >= 4 is 11.6 Å². The fourth-order valence-electron chi connectivity index (χ4n) is 1.48. The van der Waals surface area contributed by atoms with Crippen LogP contribution in [0, 0.1) is 0 Å². The van der Waals surface area contributed by atoms with E-state index in [-0.39, 0.29) is 12.5 Å². The van der Waals surface area contributed by atoms with Crippen LogP contribution in [0.25, 0.3) is 0 Å². The summed E-state index contributed by atoms with van der Waals surface area (Å²) in [4.78, 5) is 11.9. The van der Waals surface area contributed by atoms with E-state index in [1.807, 2.05) is 32.0 Å². The van der Waals surface area contributed by atoms with Crippen LogP contribution in [0.2, 0.25) is 0 Å². The summed E-state index contributed by atoms with van der Waals surface area (Å²) in [7, 11) is 0. The Hall–Kier alpha value is -1.55. The lowest BCUT2D eigenvalue weighted by Crippen LogP contribution is -2.32. The van der Waals surface area contributed by atoms with Crippen molar-refractivity contribution in [3.05, 3.63) is 29.8 Å². The Labute approximate surface area is 102 Å². The summed E-state index contributed by atoms with van der Waals surface area (Å²) in [5, 5.41) is 15.3. The number of carbonyl (C=O) groups is 1. The lowest BCUT2D eigenvalue weighted by molar-refractivity contribution is 0.0914. The number of amides is 1. The van der Waals surface area contributed by atoms with Crippen molar-refractivity contribution in [3.63, 3.8) is 0 Å². The number of aliphatic hydroxyl groups is 1. The molecule has 0 spiro atoms. The number of rotatable bonds is 6. The summed E-state index contributed by atoms with van der Waals surface area (Å²) < 4.78 is 0. The molecule has 4 nitrogen and oxygen atoms in total. The smallest absolute Gasteiger partial charge is 0.253 e. The fraction of sp³-hybridized carbons (Fsp3) is 0.462. The Balaban J connectivity index is 2.67. The largest absolute Gasteiger partial charge is 0.391 e. The van der Waals surface area contributed by atoms with Crippen LogP contribution in [-0.4, -0.2) is 30.2 Å². The predicted molar refractivity (Wildman–Crippen MR) is 69.2 cm³/mol. The first-order valence-corrected chi connectivity index (χ1v) is 5.98. The van der Waals surface area contributed by atoms with E-state index >= 15 is 0 Å². The Kier molecular flexibility index (Phi) is 5.49. The molecule has 0 saturated carbocycles. The molecule has 0 radical (unpaired) electrons. The van der Waals surface area contributed by atoms with Gasteiger partial charge in [0.05, 0.1) is 11.7 Å². The molecular weight excluding hydrogens is 216 g/mol. The van der Waals surface area contributed by atoms with E-state index in [1.165, 1.54) is 0 Å². The summed E-state index contributed by atoms with van der Waals surface area (Å²) >= 11 is 0. The highest BCUT2D eigenvalue weighted by Gasteiger charge is 2.11. The Bertz CT molecular complexity index is 366. The van der Waals surface area contributed by atoms with Gasteiger partial charge in [0.25, 0.3) is 5.91 Å². The molecule has 0 aromatic heterocycles. The molecule has 0 bridgehead atoms. The lowest BCUT2D eigenvalue weighted by atomic mass is 10.1. The van der Waals surface area contributed by atoms with Gasteiger partial charge in [-0.25, -0.2) is 0 Å². The van der Waals surface area contributed by atoms with E-state index in [0.717, 1.165) is 12.2 Å². The van der Waals surface area contributed by atoms with Gasteiger partial charge in [-0.1, -0.05) is 19.1 Å². The van der Waals surface area contributed by atoms with Crippen molar-refractivity contribution in [2.45, 2.75) is 26.4 Å². The zero-order valence-electron chi connectivity index (χ0n) is 10.4. The standard InChI is InChI=1S/C13H20N2O2/c1-3-10(16)9-15-13(17)11-7-5-6-8-12(11)14-4-2/h5-8,10,14,16H,3-4,9H2,1-2H3,(H,15,17). The first kappa shape index (κ1) is 13.5. The van der Waals surface area contributed by atoms with Gasteiger partial charge in [-0.05, 0) is 25.5 Å². The van der Waals surface area contributed by atoms with Crippen LogP contribution in [0.4, 0.5) is 5.69 Å². The monoisotopic (exact) mass is 236 g/mol. The van der Waals surface area contributed by atoms with Gasteiger partial charge in [-0.3, -0.25) is 4.79 Å². The van der Waals surface area contributed by atoms with Crippen LogP contribution in [0.15, 0.2) is 24.3 Å². The topological polar surface area (TPSA) is 61.4 Å². The van der Waals surface area contributed by atoms with E-state index in [1.54, 1.807) is 6.07 Å². The third-order valence-corrected chi connectivity index (χ3v) is 2.51. The second-order valence-electron chi connectivity index (χ2n) is 3.85. The molecule has 1 rings (SSSR count). The summed E-state index contributed by atoms with van der Waals surface area (Å²) in [6.07, 6.45) is 0.153. The highest BCUT2D eigenvalue weighted by atomic mass is 16.3. The molecule has 0 heterocycles. The minimum atomic E-state index is -0.481. The molecule has 0 saturated heterocycles. The maximum absolute atomic E-state index is 11.9. The first-order valence-electron chi connectivity index (χ1n) is 5.98. The van der Waals surface area contributed by atoms with Gasteiger partial charge >= 0.3 is 0 Å². The van der Waals surface area contributed by atoms with Gasteiger partial charge in [-0.15, -0.1) is 0 Å². The molecular formula is C13H20N2O2. The summed E-state index contributed by atoms with van der Waals surface area (Å²) in [6, 6.07) is 7.35. The van der Waals surface area contributed by atoms with Crippen molar-refractivity contribution in [2.24, 2.45) is 0 Å². The first-order chi connectivity index (χ1) is 8.19. The minimum absolute atomic E-state index is 0.158. The third kappa shape index (κ3) is 4.07. The number of aliphatic hydroxyl groups excluding tert-OH is 1. The zero-order valence-corrected chi connectivity index (χ0v) is 10.4. The molecule has 0 aliphatic heterocycles. The Morgan fingerprint density at radius 3 is 2.71 bits per heavy atom. The van der Waals surface area contributed by atoms with Gasteiger partial charge in [0.2, 0.25) is 0 Å². The second-order valence-corrected chi connectivity index (χ2v) is 3.85. The molecule has 0 aliphatic rings. The number of anilines is 1. The lowest BCUT2D eigenvalue weighted by Gasteiger charge is -2.12. The number of hydrogen-bond donors (Lipinski definition) is 3. The summed E-state index contributed by atoms with van der Waals surface area (Å²) in [5.41, 5.74) is 1.43. The van der Waals surface area contributed by atoms with Crippen LogP contribution < -0.4 is 10.6 Å². The molecule has 4 heteroatoms. The maximum Gasteiger partial charge on any atom is 0.253 e.